The van der Waals surface area contributed by atoms with E-state index < -0.39 is 0 Å². The number of nitrogens with zero attached hydrogens (tertiary/aromatic N) is 3. The maximum absolute atomic E-state index is 12.2. The summed E-state index contributed by atoms with van der Waals surface area (Å²) >= 11 is 4.73. The van der Waals surface area contributed by atoms with Crippen LogP contribution in [0.4, 0.5) is 5.69 Å². The van der Waals surface area contributed by atoms with E-state index in [-0.39, 0.29) is 11.7 Å². The first-order valence-corrected chi connectivity index (χ1v) is 11.0. The Kier molecular flexibility index (Phi) is 7.33. The molecule has 0 radical (unpaired) electrons. The Labute approximate surface area is 183 Å². The van der Waals surface area contributed by atoms with E-state index in [1.54, 1.807) is 0 Å². The lowest BCUT2D eigenvalue weighted by atomic mass is 10.2. The van der Waals surface area contributed by atoms with E-state index in [4.69, 9.17) is 4.74 Å². The number of ether oxygens (including phenoxy) is 1. The maximum atomic E-state index is 12.2. The SMILES string of the molecule is CC(C)COc1ccc(-c2nnc(SCC(=O)Nc3ccc(Br)cc3)n2C)cc1. The van der Waals surface area contributed by atoms with E-state index in [1.807, 2.05) is 60.1 Å². The van der Waals surface area contributed by atoms with Gasteiger partial charge in [-0.1, -0.05) is 41.5 Å². The first kappa shape index (κ1) is 21.4. The Morgan fingerprint density at radius 3 is 2.48 bits per heavy atom. The molecule has 0 bridgehead atoms. The van der Waals surface area contributed by atoms with E-state index in [0.717, 1.165) is 27.3 Å². The number of benzene rings is 2. The molecule has 8 heteroatoms. The fourth-order valence-corrected chi connectivity index (χ4v) is 3.49. The summed E-state index contributed by atoms with van der Waals surface area (Å²) in [6, 6.07) is 15.3. The first-order chi connectivity index (χ1) is 13.9. The number of anilines is 1. The average molecular weight is 475 g/mol. The van der Waals surface area contributed by atoms with Gasteiger partial charge in [-0.2, -0.15) is 0 Å². The molecular formula is C21H23BrN4O2S. The van der Waals surface area contributed by atoms with Crippen molar-refractivity contribution in [3.8, 4) is 17.1 Å². The molecule has 0 fully saturated rings. The molecule has 1 heterocycles. The second-order valence-corrected chi connectivity index (χ2v) is 8.80. The summed E-state index contributed by atoms with van der Waals surface area (Å²) in [5.41, 5.74) is 1.71. The molecule has 0 aliphatic heterocycles. The molecule has 1 N–H and O–H groups in total. The minimum Gasteiger partial charge on any atom is -0.493 e. The molecule has 0 saturated heterocycles. The number of aromatic nitrogens is 3. The van der Waals surface area contributed by atoms with Crippen molar-refractivity contribution in [1.82, 2.24) is 14.8 Å². The van der Waals surface area contributed by atoms with Crippen LogP contribution in [0.25, 0.3) is 11.4 Å². The number of thioether (sulfide) groups is 1. The third kappa shape index (κ3) is 6.08. The zero-order valence-electron chi connectivity index (χ0n) is 16.6. The van der Waals surface area contributed by atoms with E-state index >= 15 is 0 Å². The monoisotopic (exact) mass is 474 g/mol. The number of carbonyl (C=O) groups is 1. The quantitative estimate of drug-likeness (QED) is 0.464. The minimum absolute atomic E-state index is 0.0893. The summed E-state index contributed by atoms with van der Waals surface area (Å²) < 4.78 is 8.58. The molecule has 0 spiro atoms. The molecule has 0 atom stereocenters. The molecule has 1 amide bonds. The van der Waals surface area contributed by atoms with Crippen molar-refractivity contribution < 1.29 is 9.53 Å². The van der Waals surface area contributed by atoms with Crippen molar-refractivity contribution in [2.45, 2.75) is 19.0 Å². The van der Waals surface area contributed by atoms with E-state index in [0.29, 0.717) is 17.7 Å². The molecule has 3 rings (SSSR count). The van der Waals surface area contributed by atoms with Crippen molar-refractivity contribution in [2.75, 3.05) is 17.7 Å². The highest BCUT2D eigenvalue weighted by atomic mass is 79.9. The van der Waals surface area contributed by atoms with Crippen LogP contribution in [0.15, 0.2) is 58.2 Å². The highest BCUT2D eigenvalue weighted by molar-refractivity contribution is 9.10. The van der Waals surface area contributed by atoms with Gasteiger partial charge in [0.2, 0.25) is 5.91 Å². The zero-order chi connectivity index (χ0) is 20.8. The van der Waals surface area contributed by atoms with Gasteiger partial charge in [0.05, 0.1) is 12.4 Å². The summed E-state index contributed by atoms with van der Waals surface area (Å²) in [4.78, 5) is 12.2. The van der Waals surface area contributed by atoms with Crippen molar-refractivity contribution in [3.05, 3.63) is 53.0 Å². The Morgan fingerprint density at radius 1 is 1.14 bits per heavy atom. The van der Waals surface area contributed by atoms with Gasteiger partial charge < -0.3 is 14.6 Å². The van der Waals surface area contributed by atoms with Crippen molar-refractivity contribution in [3.63, 3.8) is 0 Å². The molecule has 0 saturated carbocycles. The van der Waals surface area contributed by atoms with E-state index in [9.17, 15) is 4.79 Å². The Morgan fingerprint density at radius 2 is 1.83 bits per heavy atom. The van der Waals surface area contributed by atoms with Crippen LogP contribution in [0.5, 0.6) is 5.75 Å². The maximum Gasteiger partial charge on any atom is 0.234 e. The molecule has 0 unspecified atom stereocenters. The van der Waals surface area contributed by atoms with Crippen molar-refractivity contribution >= 4 is 39.3 Å². The highest BCUT2D eigenvalue weighted by Gasteiger charge is 2.13. The lowest BCUT2D eigenvalue weighted by molar-refractivity contribution is -0.113. The largest absolute Gasteiger partial charge is 0.493 e. The standard InChI is InChI=1S/C21H23BrN4O2S/c1-14(2)12-28-18-10-4-15(5-11-18)20-24-25-21(26(20)3)29-13-19(27)23-17-8-6-16(22)7-9-17/h4-11,14H,12-13H2,1-3H3,(H,23,27). The van der Waals surface area contributed by atoms with Gasteiger partial charge in [-0.05, 0) is 54.4 Å². The van der Waals surface area contributed by atoms with Gasteiger partial charge in [-0.15, -0.1) is 10.2 Å². The molecule has 0 aliphatic rings. The molecule has 2 aromatic carbocycles. The predicted molar refractivity (Wildman–Crippen MR) is 120 cm³/mol. The van der Waals surface area contributed by atoms with Crippen LogP contribution in [-0.4, -0.2) is 33.0 Å². The van der Waals surface area contributed by atoms with Gasteiger partial charge in [0.25, 0.3) is 0 Å². The van der Waals surface area contributed by atoms with Crippen LogP contribution in [0.3, 0.4) is 0 Å². The van der Waals surface area contributed by atoms with Crippen molar-refractivity contribution in [2.24, 2.45) is 13.0 Å². The number of halogens is 1. The van der Waals surface area contributed by atoms with Gasteiger partial charge in [-0.3, -0.25) is 4.79 Å². The topological polar surface area (TPSA) is 69.0 Å². The van der Waals surface area contributed by atoms with Gasteiger partial charge in [0, 0.05) is 22.8 Å². The van der Waals surface area contributed by atoms with Crippen LogP contribution in [-0.2, 0) is 11.8 Å². The molecule has 6 nitrogen and oxygen atoms in total. The smallest absolute Gasteiger partial charge is 0.234 e. The molecular weight excluding hydrogens is 452 g/mol. The Balaban J connectivity index is 1.58. The first-order valence-electron chi connectivity index (χ1n) is 9.23. The van der Waals surface area contributed by atoms with Crippen LogP contribution in [0, 0.1) is 5.92 Å². The minimum atomic E-state index is -0.0893. The number of rotatable bonds is 8. The van der Waals surface area contributed by atoms with Gasteiger partial charge in [0.15, 0.2) is 11.0 Å². The average Bonchev–Trinajstić information content (AvgIpc) is 3.07. The predicted octanol–water partition coefficient (Wildman–Crippen LogP) is 5.01. The van der Waals surface area contributed by atoms with E-state index in [2.05, 4.69) is 45.3 Å². The number of amides is 1. The second kappa shape index (κ2) is 9.93. The summed E-state index contributed by atoms with van der Waals surface area (Å²) in [5.74, 6) is 2.23. The van der Waals surface area contributed by atoms with Crippen molar-refractivity contribution in [1.29, 1.82) is 0 Å². The zero-order valence-corrected chi connectivity index (χ0v) is 19.0. The van der Waals surface area contributed by atoms with Gasteiger partial charge in [-0.25, -0.2) is 0 Å². The third-order valence-corrected chi connectivity index (χ3v) is 5.54. The summed E-state index contributed by atoms with van der Waals surface area (Å²) in [7, 11) is 1.90. The van der Waals surface area contributed by atoms with E-state index in [1.165, 1.54) is 11.8 Å². The number of nitrogens with one attached hydrogen (secondary N) is 1. The molecule has 1 aromatic heterocycles. The molecule has 3 aromatic rings. The number of hydrogen-bond donors (Lipinski definition) is 1. The number of hydrogen-bond acceptors (Lipinski definition) is 5. The van der Waals surface area contributed by atoms with Crippen LogP contribution >= 0.6 is 27.7 Å². The number of carbonyl (C=O) groups excluding carboxylic acids is 1. The highest BCUT2D eigenvalue weighted by Crippen LogP contribution is 2.25. The second-order valence-electron chi connectivity index (χ2n) is 6.94. The fourth-order valence-electron chi connectivity index (χ4n) is 2.52. The molecule has 152 valence electrons. The van der Waals surface area contributed by atoms with Gasteiger partial charge in [0.1, 0.15) is 5.75 Å². The summed E-state index contributed by atoms with van der Waals surface area (Å²) in [6.07, 6.45) is 0. The summed E-state index contributed by atoms with van der Waals surface area (Å²) in [5, 5.41) is 12.1. The molecule has 0 aliphatic carbocycles. The van der Waals surface area contributed by atoms with Crippen LogP contribution in [0.2, 0.25) is 0 Å². The fraction of sp³-hybridized carbons (Fsp3) is 0.286. The molecule has 29 heavy (non-hydrogen) atoms. The third-order valence-electron chi connectivity index (χ3n) is 3.99. The summed E-state index contributed by atoms with van der Waals surface area (Å²) in [6.45, 7) is 4.92. The Hall–Kier alpha value is -2.32. The Bertz CT molecular complexity index is 956. The van der Waals surface area contributed by atoms with Crippen LogP contribution in [0.1, 0.15) is 13.8 Å². The normalized spacial score (nSPS) is 10.9. The lowest BCUT2D eigenvalue weighted by Crippen LogP contribution is -2.14. The van der Waals surface area contributed by atoms with Gasteiger partial charge >= 0.3 is 0 Å². The van der Waals surface area contributed by atoms with Crippen LogP contribution < -0.4 is 10.1 Å². The lowest BCUT2D eigenvalue weighted by Gasteiger charge is -2.09.